The van der Waals surface area contributed by atoms with Crippen LogP contribution < -0.4 is 0 Å². The Morgan fingerprint density at radius 1 is 1.03 bits per heavy atom. The predicted molar refractivity (Wildman–Crippen MR) is 109 cm³/mol. The third-order valence-corrected chi connectivity index (χ3v) is 6.05. The van der Waals surface area contributed by atoms with Gasteiger partial charge >= 0.3 is 0 Å². The molecule has 0 aliphatic heterocycles. The number of benzene rings is 1. The van der Waals surface area contributed by atoms with Crippen LogP contribution in [-0.4, -0.2) is 39.4 Å². The van der Waals surface area contributed by atoms with Crippen LogP contribution in [0.3, 0.4) is 0 Å². The molecule has 4 aromatic heterocycles. The molecule has 0 saturated heterocycles. The molecule has 0 unspecified atom stereocenters. The second-order valence-electron chi connectivity index (χ2n) is 7.36. The number of hydrogen-bond donors (Lipinski definition) is 0. The van der Waals surface area contributed by atoms with Gasteiger partial charge in [0.15, 0.2) is 11.5 Å². The zero-order chi connectivity index (χ0) is 19.6. The van der Waals surface area contributed by atoms with E-state index in [0.29, 0.717) is 5.78 Å². The quantitative estimate of drug-likeness (QED) is 0.422. The highest BCUT2D eigenvalue weighted by molar-refractivity contribution is 9.10. The maximum absolute atomic E-state index is 4.83. The molecular formula is C20H15BrN8. The fourth-order valence-electron chi connectivity index (χ4n) is 3.83. The van der Waals surface area contributed by atoms with Gasteiger partial charge in [0.2, 0.25) is 0 Å². The van der Waals surface area contributed by atoms with Gasteiger partial charge in [0, 0.05) is 16.2 Å². The van der Waals surface area contributed by atoms with Crippen LogP contribution in [0.15, 0.2) is 53.3 Å². The normalized spacial score (nSPS) is 15.2. The van der Waals surface area contributed by atoms with Crippen molar-refractivity contribution in [1.82, 2.24) is 39.4 Å². The number of halogens is 1. The number of rotatable bonds is 3. The van der Waals surface area contributed by atoms with Gasteiger partial charge in [0.25, 0.3) is 5.78 Å². The van der Waals surface area contributed by atoms with E-state index in [0.717, 1.165) is 51.4 Å². The summed E-state index contributed by atoms with van der Waals surface area (Å²) < 4.78 is 4.79. The SMILES string of the molecule is Cc1nnc2ccc(C3(c4nnc5ncc(-c6cccc(Br)c6)nn45)CC3)cn12. The zero-order valence-corrected chi connectivity index (χ0v) is 17.1. The summed E-state index contributed by atoms with van der Waals surface area (Å²) in [6.07, 6.45) is 5.82. The third kappa shape index (κ3) is 2.50. The van der Waals surface area contributed by atoms with Gasteiger partial charge in [-0.1, -0.05) is 34.1 Å². The first-order chi connectivity index (χ1) is 14.1. The Labute approximate surface area is 173 Å². The molecule has 4 heterocycles. The van der Waals surface area contributed by atoms with Crippen LogP contribution in [0.4, 0.5) is 0 Å². The Kier molecular flexibility index (Phi) is 3.40. The van der Waals surface area contributed by atoms with E-state index >= 15 is 0 Å². The lowest BCUT2D eigenvalue weighted by Crippen LogP contribution is -2.16. The maximum Gasteiger partial charge on any atom is 0.271 e. The average molecular weight is 447 g/mol. The van der Waals surface area contributed by atoms with Crippen molar-refractivity contribution in [1.29, 1.82) is 0 Å². The predicted octanol–water partition coefficient (Wildman–Crippen LogP) is 3.38. The molecule has 142 valence electrons. The monoisotopic (exact) mass is 446 g/mol. The summed E-state index contributed by atoms with van der Waals surface area (Å²) in [5.74, 6) is 2.19. The Hall–Kier alpha value is -3.20. The lowest BCUT2D eigenvalue weighted by molar-refractivity contribution is 0.698. The minimum absolute atomic E-state index is 0.213. The molecule has 29 heavy (non-hydrogen) atoms. The summed E-state index contributed by atoms with van der Waals surface area (Å²) in [4.78, 5) is 4.48. The molecule has 0 atom stereocenters. The zero-order valence-electron chi connectivity index (χ0n) is 15.5. The molecule has 0 amide bonds. The Morgan fingerprint density at radius 3 is 2.76 bits per heavy atom. The third-order valence-electron chi connectivity index (χ3n) is 5.56. The molecule has 0 spiro atoms. The largest absolute Gasteiger partial charge is 0.286 e. The van der Waals surface area contributed by atoms with E-state index in [-0.39, 0.29) is 5.41 Å². The molecule has 0 radical (unpaired) electrons. The number of nitrogens with zero attached hydrogens (tertiary/aromatic N) is 8. The first-order valence-electron chi connectivity index (χ1n) is 9.31. The van der Waals surface area contributed by atoms with Crippen molar-refractivity contribution in [2.24, 2.45) is 0 Å². The van der Waals surface area contributed by atoms with Crippen molar-refractivity contribution in [2.45, 2.75) is 25.2 Å². The van der Waals surface area contributed by atoms with E-state index < -0.39 is 0 Å². The van der Waals surface area contributed by atoms with Gasteiger partial charge in [0.05, 0.1) is 11.6 Å². The minimum Gasteiger partial charge on any atom is -0.286 e. The summed E-state index contributed by atoms with van der Waals surface area (Å²) in [5.41, 5.74) is 3.55. The van der Waals surface area contributed by atoms with Crippen molar-refractivity contribution in [2.75, 3.05) is 0 Å². The Morgan fingerprint density at radius 2 is 1.93 bits per heavy atom. The molecule has 1 aromatic carbocycles. The molecule has 5 aromatic rings. The number of fused-ring (bicyclic) bond motifs is 2. The molecule has 0 N–H and O–H groups in total. The number of aryl methyl sites for hydroxylation is 1. The fourth-order valence-corrected chi connectivity index (χ4v) is 4.23. The average Bonchev–Trinajstić information content (AvgIpc) is 3.30. The highest BCUT2D eigenvalue weighted by atomic mass is 79.9. The van der Waals surface area contributed by atoms with Gasteiger partial charge in [0.1, 0.15) is 11.5 Å². The van der Waals surface area contributed by atoms with E-state index in [9.17, 15) is 0 Å². The van der Waals surface area contributed by atoms with Gasteiger partial charge in [-0.05, 0) is 43.5 Å². The van der Waals surface area contributed by atoms with E-state index in [1.807, 2.05) is 41.7 Å². The number of aromatic nitrogens is 8. The second-order valence-corrected chi connectivity index (χ2v) is 8.28. The van der Waals surface area contributed by atoms with Crippen LogP contribution >= 0.6 is 15.9 Å². The molecule has 9 heteroatoms. The highest BCUT2D eigenvalue weighted by Crippen LogP contribution is 2.52. The summed E-state index contributed by atoms with van der Waals surface area (Å²) in [6.45, 7) is 1.95. The Bertz CT molecular complexity index is 1400. The topological polar surface area (TPSA) is 86.2 Å². The molecule has 8 nitrogen and oxygen atoms in total. The van der Waals surface area contributed by atoms with E-state index in [1.165, 1.54) is 0 Å². The van der Waals surface area contributed by atoms with Crippen molar-refractivity contribution in [3.8, 4) is 11.3 Å². The number of pyridine rings is 1. The second kappa shape index (κ2) is 5.90. The molecule has 1 fully saturated rings. The maximum atomic E-state index is 4.83. The fraction of sp³-hybridized carbons (Fsp3) is 0.200. The highest BCUT2D eigenvalue weighted by Gasteiger charge is 2.50. The summed E-state index contributed by atoms with van der Waals surface area (Å²) in [5, 5.41) is 21.9. The van der Waals surface area contributed by atoms with Gasteiger partial charge in [-0.2, -0.15) is 9.61 Å². The number of hydrogen-bond acceptors (Lipinski definition) is 6. The van der Waals surface area contributed by atoms with E-state index in [1.54, 1.807) is 10.7 Å². The molecular weight excluding hydrogens is 432 g/mol. The van der Waals surface area contributed by atoms with Crippen LogP contribution in [0.5, 0.6) is 0 Å². The summed E-state index contributed by atoms with van der Waals surface area (Å²) in [7, 11) is 0. The molecule has 1 saturated carbocycles. The van der Waals surface area contributed by atoms with Gasteiger partial charge < -0.3 is 0 Å². The van der Waals surface area contributed by atoms with Crippen LogP contribution in [-0.2, 0) is 5.41 Å². The molecule has 1 aliphatic carbocycles. The molecule has 6 rings (SSSR count). The summed E-state index contributed by atoms with van der Waals surface area (Å²) >= 11 is 3.52. The Balaban J connectivity index is 1.51. The molecule has 0 bridgehead atoms. The first kappa shape index (κ1) is 16.7. The van der Waals surface area contributed by atoms with Crippen molar-refractivity contribution < 1.29 is 0 Å². The molecule has 1 aliphatic rings. The lowest BCUT2D eigenvalue weighted by atomic mass is 9.97. The minimum atomic E-state index is -0.213. The smallest absolute Gasteiger partial charge is 0.271 e. The van der Waals surface area contributed by atoms with E-state index in [2.05, 4.69) is 53.6 Å². The lowest BCUT2D eigenvalue weighted by Gasteiger charge is -2.14. The van der Waals surface area contributed by atoms with E-state index in [4.69, 9.17) is 5.10 Å². The van der Waals surface area contributed by atoms with Gasteiger partial charge in [-0.25, -0.2) is 4.98 Å². The van der Waals surface area contributed by atoms with Gasteiger partial charge in [-0.15, -0.1) is 20.4 Å². The van der Waals surface area contributed by atoms with Gasteiger partial charge in [-0.3, -0.25) is 4.40 Å². The van der Waals surface area contributed by atoms with Crippen molar-refractivity contribution >= 4 is 27.4 Å². The van der Waals surface area contributed by atoms with Crippen LogP contribution in [0, 0.1) is 6.92 Å². The van der Waals surface area contributed by atoms with Crippen LogP contribution in [0.1, 0.15) is 30.1 Å². The first-order valence-corrected chi connectivity index (χ1v) is 10.1. The van der Waals surface area contributed by atoms with Crippen LogP contribution in [0.25, 0.3) is 22.7 Å². The standard InChI is InChI=1S/C20H15BrN8/c1-12-23-24-17-6-5-14(11-28(12)17)20(7-8-20)18-25-26-19-22-10-16(27-29(18)19)13-3-2-4-15(21)9-13/h2-6,9-11H,7-8H2,1H3. The van der Waals surface area contributed by atoms with Crippen LogP contribution in [0.2, 0.25) is 0 Å². The van der Waals surface area contributed by atoms with Crippen molar-refractivity contribution in [3.63, 3.8) is 0 Å². The van der Waals surface area contributed by atoms with Crippen molar-refractivity contribution in [3.05, 3.63) is 70.5 Å². The summed E-state index contributed by atoms with van der Waals surface area (Å²) in [6, 6.07) is 12.1.